The van der Waals surface area contributed by atoms with Crippen molar-refractivity contribution in [3.05, 3.63) is 12.7 Å². The standard InChI is InChI=1S/C6H13NO2.C3H6/c1-4(2)3-5(7)6(8)9;1-3-2/h4-5H,3,7H2,1-2H3,(H,8,9);3H,1H2,2H3/t5-;/m0./s1. The minimum absolute atomic E-state index is 0.357. The molecule has 0 bridgehead atoms. The molecule has 0 saturated carbocycles. The van der Waals surface area contributed by atoms with Gasteiger partial charge in [-0.3, -0.25) is 4.79 Å². The number of nitrogens with two attached hydrogens (primary N) is 1. The van der Waals surface area contributed by atoms with Crippen LogP contribution < -0.4 is 5.73 Å². The normalized spacial score (nSPS) is 11.4. The third kappa shape index (κ3) is 11.9. The SMILES string of the molecule is C=CC.CC(C)C[C@H](N)C(=O)O. The molecule has 0 aliphatic rings. The van der Waals surface area contributed by atoms with Crippen molar-refractivity contribution in [2.75, 3.05) is 0 Å². The van der Waals surface area contributed by atoms with Gasteiger partial charge in [0.25, 0.3) is 0 Å². The van der Waals surface area contributed by atoms with Gasteiger partial charge in [0, 0.05) is 0 Å². The predicted molar refractivity (Wildman–Crippen MR) is 50.9 cm³/mol. The fraction of sp³-hybridized carbons (Fsp3) is 0.667. The molecule has 3 heteroatoms. The summed E-state index contributed by atoms with van der Waals surface area (Å²) in [6, 6.07) is -0.690. The molecule has 0 aromatic heterocycles. The van der Waals surface area contributed by atoms with Gasteiger partial charge in [-0.2, -0.15) is 0 Å². The summed E-state index contributed by atoms with van der Waals surface area (Å²) in [6.07, 6.45) is 2.30. The van der Waals surface area contributed by atoms with Crippen LogP contribution in [-0.2, 0) is 4.79 Å². The van der Waals surface area contributed by atoms with E-state index in [0.29, 0.717) is 12.3 Å². The first-order valence-electron chi connectivity index (χ1n) is 4.01. The zero-order valence-corrected chi connectivity index (χ0v) is 8.08. The van der Waals surface area contributed by atoms with E-state index < -0.39 is 12.0 Å². The molecule has 0 saturated heterocycles. The molecule has 3 nitrogen and oxygen atoms in total. The molecule has 12 heavy (non-hydrogen) atoms. The number of aliphatic carboxylic acids is 1. The number of carboxylic acids is 1. The smallest absolute Gasteiger partial charge is 0.320 e. The van der Waals surface area contributed by atoms with E-state index in [4.69, 9.17) is 10.8 Å². The number of hydrogen-bond donors (Lipinski definition) is 2. The molecule has 0 unspecified atom stereocenters. The molecule has 0 aliphatic carbocycles. The number of carboxylic acid groups (broad SMARTS) is 1. The third-order valence-electron chi connectivity index (χ3n) is 1.04. The molecule has 0 radical (unpaired) electrons. The summed E-state index contributed by atoms with van der Waals surface area (Å²) in [5.41, 5.74) is 5.22. The largest absolute Gasteiger partial charge is 0.480 e. The Bertz CT molecular complexity index is 132. The number of carbonyl (C=O) groups is 1. The van der Waals surface area contributed by atoms with E-state index in [9.17, 15) is 4.79 Å². The lowest BCUT2D eigenvalue weighted by Crippen LogP contribution is -2.31. The minimum Gasteiger partial charge on any atom is -0.480 e. The highest BCUT2D eigenvalue weighted by molar-refractivity contribution is 5.72. The van der Waals surface area contributed by atoms with Gasteiger partial charge in [0.2, 0.25) is 0 Å². The molecule has 0 aromatic carbocycles. The lowest BCUT2D eigenvalue weighted by atomic mass is 10.1. The zero-order chi connectivity index (χ0) is 10.1. The number of hydrogen-bond acceptors (Lipinski definition) is 2. The average Bonchev–Trinajstić information content (AvgIpc) is 1.87. The fourth-order valence-electron chi connectivity index (χ4n) is 0.609. The van der Waals surface area contributed by atoms with Gasteiger partial charge in [-0.05, 0) is 19.3 Å². The van der Waals surface area contributed by atoms with E-state index >= 15 is 0 Å². The van der Waals surface area contributed by atoms with Gasteiger partial charge < -0.3 is 10.8 Å². The van der Waals surface area contributed by atoms with Crippen LogP contribution in [0, 0.1) is 5.92 Å². The van der Waals surface area contributed by atoms with E-state index in [0.717, 1.165) is 0 Å². The van der Waals surface area contributed by atoms with Crippen molar-refractivity contribution in [3.63, 3.8) is 0 Å². The summed E-state index contributed by atoms with van der Waals surface area (Å²) in [4.78, 5) is 10.1. The Labute approximate surface area is 74.3 Å². The van der Waals surface area contributed by atoms with Crippen molar-refractivity contribution in [2.45, 2.75) is 33.2 Å². The van der Waals surface area contributed by atoms with Gasteiger partial charge >= 0.3 is 5.97 Å². The molecular weight excluding hydrogens is 154 g/mol. The van der Waals surface area contributed by atoms with Crippen LogP contribution in [-0.4, -0.2) is 17.1 Å². The highest BCUT2D eigenvalue weighted by Gasteiger charge is 2.11. The van der Waals surface area contributed by atoms with Crippen LogP contribution in [0.2, 0.25) is 0 Å². The molecule has 0 aromatic rings. The van der Waals surface area contributed by atoms with Crippen LogP contribution in [0.3, 0.4) is 0 Å². The topological polar surface area (TPSA) is 63.3 Å². The first-order chi connectivity index (χ1) is 5.45. The zero-order valence-electron chi connectivity index (χ0n) is 8.08. The maximum Gasteiger partial charge on any atom is 0.320 e. The molecule has 0 spiro atoms. The second kappa shape index (κ2) is 8.27. The molecule has 0 rings (SSSR count). The average molecular weight is 173 g/mol. The Hall–Kier alpha value is -0.830. The van der Waals surface area contributed by atoms with Crippen molar-refractivity contribution < 1.29 is 9.90 Å². The van der Waals surface area contributed by atoms with E-state index in [-0.39, 0.29) is 0 Å². The van der Waals surface area contributed by atoms with Crippen LogP contribution in [0.1, 0.15) is 27.2 Å². The van der Waals surface area contributed by atoms with Crippen molar-refractivity contribution in [1.29, 1.82) is 0 Å². The van der Waals surface area contributed by atoms with Crippen LogP contribution in [0.25, 0.3) is 0 Å². The maximum absolute atomic E-state index is 10.1. The van der Waals surface area contributed by atoms with E-state index in [1.54, 1.807) is 6.08 Å². The summed E-state index contributed by atoms with van der Waals surface area (Å²) in [5.74, 6) is -0.556. The number of rotatable bonds is 3. The van der Waals surface area contributed by atoms with Crippen LogP contribution in [0.4, 0.5) is 0 Å². The van der Waals surface area contributed by atoms with Gasteiger partial charge in [0.05, 0.1) is 0 Å². The van der Waals surface area contributed by atoms with Crippen molar-refractivity contribution in [3.8, 4) is 0 Å². The predicted octanol–water partition coefficient (Wildman–Crippen LogP) is 1.64. The Morgan fingerprint density at radius 3 is 2.08 bits per heavy atom. The number of allylic oxidation sites excluding steroid dienone is 1. The molecule has 72 valence electrons. The van der Waals surface area contributed by atoms with E-state index in [1.807, 2.05) is 20.8 Å². The van der Waals surface area contributed by atoms with E-state index in [1.165, 1.54) is 0 Å². The third-order valence-corrected chi connectivity index (χ3v) is 1.04. The molecule has 1 atom stereocenters. The van der Waals surface area contributed by atoms with Crippen LogP contribution >= 0.6 is 0 Å². The summed E-state index contributed by atoms with van der Waals surface area (Å²) in [6.45, 7) is 9.14. The Kier molecular flexibility index (Phi) is 9.47. The lowest BCUT2D eigenvalue weighted by Gasteiger charge is -2.07. The van der Waals surface area contributed by atoms with Crippen molar-refractivity contribution in [1.82, 2.24) is 0 Å². The highest BCUT2D eigenvalue weighted by Crippen LogP contribution is 2.01. The highest BCUT2D eigenvalue weighted by atomic mass is 16.4. The molecule has 0 fully saturated rings. The summed E-state index contributed by atoms with van der Waals surface area (Å²) in [5, 5.41) is 8.31. The van der Waals surface area contributed by atoms with Crippen LogP contribution in [0.5, 0.6) is 0 Å². The Morgan fingerprint density at radius 1 is 1.67 bits per heavy atom. The Morgan fingerprint density at radius 2 is 2.00 bits per heavy atom. The van der Waals surface area contributed by atoms with Gasteiger partial charge in [-0.1, -0.05) is 19.9 Å². The molecular formula is C9H19NO2. The lowest BCUT2D eigenvalue weighted by molar-refractivity contribution is -0.138. The summed E-state index contributed by atoms with van der Waals surface area (Å²) >= 11 is 0. The molecule has 0 heterocycles. The summed E-state index contributed by atoms with van der Waals surface area (Å²) < 4.78 is 0. The quantitative estimate of drug-likeness (QED) is 0.638. The summed E-state index contributed by atoms with van der Waals surface area (Å²) in [7, 11) is 0. The fourth-order valence-corrected chi connectivity index (χ4v) is 0.609. The first-order valence-corrected chi connectivity index (χ1v) is 4.01. The molecule has 0 aliphatic heterocycles. The minimum atomic E-state index is -0.913. The molecule has 0 amide bonds. The molecule has 3 N–H and O–H groups in total. The van der Waals surface area contributed by atoms with Gasteiger partial charge in [0.15, 0.2) is 0 Å². The monoisotopic (exact) mass is 173 g/mol. The van der Waals surface area contributed by atoms with E-state index in [2.05, 4.69) is 6.58 Å². The second-order valence-electron chi connectivity index (χ2n) is 2.98. The van der Waals surface area contributed by atoms with Gasteiger partial charge in [0.1, 0.15) is 6.04 Å². The van der Waals surface area contributed by atoms with Crippen molar-refractivity contribution >= 4 is 5.97 Å². The Balaban J connectivity index is 0. The van der Waals surface area contributed by atoms with Crippen molar-refractivity contribution in [2.24, 2.45) is 11.7 Å². The maximum atomic E-state index is 10.1. The second-order valence-corrected chi connectivity index (χ2v) is 2.98. The van der Waals surface area contributed by atoms with Gasteiger partial charge in [-0.25, -0.2) is 0 Å². The van der Waals surface area contributed by atoms with Crippen LogP contribution in [0.15, 0.2) is 12.7 Å². The first kappa shape index (κ1) is 13.7. The van der Waals surface area contributed by atoms with Gasteiger partial charge in [-0.15, -0.1) is 6.58 Å².